The first-order chi connectivity index (χ1) is 7.37. The molecule has 0 radical (unpaired) electrons. The maximum atomic E-state index is 11.1. The molecule has 0 saturated heterocycles. The van der Waals surface area contributed by atoms with Crippen LogP contribution in [0.1, 0.15) is 0 Å². The first-order valence-electron chi connectivity index (χ1n) is 4.04. The van der Waals surface area contributed by atoms with Gasteiger partial charge < -0.3 is 9.47 Å². The first kappa shape index (κ1) is 13.7. The van der Waals surface area contributed by atoms with E-state index < -0.39 is 9.95 Å². The van der Waals surface area contributed by atoms with E-state index in [1.54, 1.807) is 12.1 Å². The second-order valence-corrected chi connectivity index (χ2v) is 5.66. The molecule has 0 heterocycles. The van der Waals surface area contributed by atoms with Crippen molar-refractivity contribution < 1.29 is 14.3 Å². The summed E-state index contributed by atoms with van der Waals surface area (Å²) in [5, 5.41) is 0.530. The molecule has 0 aliphatic heterocycles. The molecule has 88 valence electrons. The van der Waals surface area contributed by atoms with Crippen LogP contribution in [0.4, 0.5) is 4.79 Å². The monoisotopic (exact) mass is 302 g/mol. The number of ether oxygens (including phenoxy) is 2. The largest absolute Gasteiger partial charge is 0.513 e. The molecule has 7 heteroatoms. The van der Waals surface area contributed by atoms with E-state index in [9.17, 15) is 4.79 Å². The van der Waals surface area contributed by atoms with Gasteiger partial charge in [-0.3, -0.25) is 0 Å². The van der Waals surface area contributed by atoms with E-state index in [0.29, 0.717) is 10.8 Å². The van der Waals surface area contributed by atoms with Gasteiger partial charge in [0.25, 0.3) is 0 Å². The minimum atomic E-state index is -1.65. The summed E-state index contributed by atoms with van der Waals surface area (Å²) >= 11 is 21.8. The van der Waals surface area contributed by atoms with Crippen molar-refractivity contribution >= 4 is 52.6 Å². The molecule has 0 amide bonds. The third-order valence-corrected chi connectivity index (χ3v) is 1.95. The Morgan fingerprint density at radius 1 is 1.19 bits per heavy atom. The van der Waals surface area contributed by atoms with Crippen molar-refractivity contribution in [3.8, 4) is 5.75 Å². The van der Waals surface area contributed by atoms with Crippen LogP contribution in [-0.4, -0.2) is 16.6 Å². The fraction of sp³-hybridized carbons (Fsp3) is 0.222. The fourth-order valence-electron chi connectivity index (χ4n) is 0.769. The Kier molecular flexibility index (Phi) is 4.99. The fourth-order valence-corrected chi connectivity index (χ4v) is 1.06. The van der Waals surface area contributed by atoms with E-state index in [-0.39, 0.29) is 6.61 Å². The molecule has 0 atom stereocenters. The third-order valence-electron chi connectivity index (χ3n) is 1.37. The molecule has 0 aromatic heterocycles. The molecule has 16 heavy (non-hydrogen) atoms. The van der Waals surface area contributed by atoms with Gasteiger partial charge in [-0.2, -0.15) is 0 Å². The van der Waals surface area contributed by atoms with Crippen molar-refractivity contribution in [2.45, 2.75) is 3.79 Å². The predicted molar refractivity (Wildman–Crippen MR) is 63.7 cm³/mol. The molecule has 0 bridgehead atoms. The summed E-state index contributed by atoms with van der Waals surface area (Å²) in [4.78, 5) is 11.1. The molecule has 0 fully saturated rings. The van der Waals surface area contributed by atoms with Gasteiger partial charge in [-0.15, -0.1) is 0 Å². The van der Waals surface area contributed by atoms with Crippen LogP contribution in [-0.2, 0) is 4.74 Å². The number of carbonyl (C=O) groups is 1. The lowest BCUT2D eigenvalue weighted by Crippen LogP contribution is -2.19. The number of hydrogen-bond donors (Lipinski definition) is 0. The Bertz CT molecular complexity index is 358. The lowest BCUT2D eigenvalue weighted by Gasteiger charge is -2.10. The Morgan fingerprint density at radius 3 is 2.25 bits per heavy atom. The molecule has 0 aliphatic rings. The number of hydrogen-bond acceptors (Lipinski definition) is 3. The average Bonchev–Trinajstić information content (AvgIpc) is 2.18. The van der Waals surface area contributed by atoms with Crippen LogP contribution in [0.25, 0.3) is 0 Å². The molecular weight excluding hydrogens is 298 g/mol. The molecule has 3 nitrogen and oxygen atoms in total. The van der Waals surface area contributed by atoms with Crippen molar-refractivity contribution in [2.24, 2.45) is 0 Å². The molecule has 1 rings (SSSR count). The van der Waals surface area contributed by atoms with E-state index in [2.05, 4.69) is 4.74 Å². The van der Waals surface area contributed by atoms with Gasteiger partial charge in [0.1, 0.15) is 12.4 Å². The lowest BCUT2D eigenvalue weighted by atomic mass is 10.3. The van der Waals surface area contributed by atoms with E-state index >= 15 is 0 Å². The second-order valence-electron chi connectivity index (χ2n) is 2.71. The highest BCUT2D eigenvalue weighted by Gasteiger charge is 2.22. The highest BCUT2D eigenvalue weighted by Crippen LogP contribution is 2.26. The molecule has 1 aromatic rings. The third kappa shape index (κ3) is 5.66. The van der Waals surface area contributed by atoms with Gasteiger partial charge in [-0.05, 0) is 24.3 Å². The summed E-state index contributed by atoms with van der Waals surface area (Å²) in [6, 6.07) is 6.16. The molecule has 0 saturated carbocycles. The van der Waals surface area contributed by atoms with Crippen LogP contribution in [0, 0.1) is 0 Å². The van der Waals surface area contributed by atoms with Crippen LogP contribution < -0.4 is 4.74 Å². The van der Waals surface area contributed by atoms with Crippen molar-refractivity contribution in [1.82, 2.24) is 0 Å². The van der Waals surface area contributed by atoms with E-state index in [4.69, 9.17) is 51.1 Å². The molecule has 1 aromatic carbocycles. The summed E-state index contributed by atoms with van der Waals surface area (Å²) in [5.41, 5.74) is 0. The second kappa shape index (κ2) is 5.82. The summed E-state index contributed by atoms with van der Waals surface area (Å²) < 4.78 is 7.67. The van der Waals surface area contributed by atoms with Gasteiger partial charge in [-0.1, -0.05) is 46.4 Å². The number of halogens is 4. The minimum Gasteiger partial charge on any atom is -0.429 e. The lowest BCUT2D eigenvalue weighted by molar-refractivity contribution is 0.101. The number of rotatable bonds is 2. The number of alkyl halides is 3. The van der Waals surface area contributed by atoms with Gasteiger partial charge in [0.2, 0.25) is 3.79 Å². The first-order valence-corrected chi connectivity index (χ1v) is 5.55. The van der Waals surface area contributed by atoms with E-state index in [1.807, 2.05) is 0 Å². The Balaban J connectivity index is 2.43. The standard InChI is InChI=1S/C9H6Cl4O3/c10-6-1-3-7(4-2-6)16-8(14)15-5-9(11,12)13/h1-4H,5H2. The minimum absolute atomic E-state index is 0.290. The Morgan fingerprint density at radius 2 is 1.75 bits per heavy atom. The van der Waals surface area contributed by atoms with Crippen molar-refractivity contribution in [2.75, 3.05) is 6.61 Å². The summed E-state index contributed by atoms with van der Waals surface area (Å²) in [5.74, 6) is 0.290. The number of carbonyl (C=O) groups excluding carboxylic acids is 1. The van der Waals surface area contributed by atoms with Gasteiger partial charge >= 0.3 is 6.16 Å². The smallest absolute Gasteiger partial charge is 0.429 e. The summed E-state index contributed by atoms with van der Waals surface area (Å²) in [7, 11) is 0. The maximum absolute atomic E-state index is 11.1. The normalized spacial score (nSPS) is 11.0. The average molecular weight is 304 g/mol. The molecule has 0 spiro atoms. The predicted octanol–water partition coefficient (Wildman–Crippen LogP) is 4.23. The summed E-state index contributed by atoms with van der Waals surface area (Å²) in [6.07, 6.45) is -0.950. The topological polar surface area (TPSA) is 35.5 Å². The van der Waals surface area contributed by atoms with Crippen LogP contribution in [0.5, 0.6) is 5.75 Å². The van der Waals surface area contributed by atoms with Crippen LogP contribution in [0.15, 0.2) is 24.3 Å². The molecule has 0 aliphatic carbocycles. The van der Waals surface area contributed by atoms with Crippen molar-refractivity contribution in [1.29, 1.82) is 0 Å². The van der Waals surface area contributed by atoms with Gasteiger partial charge in [0.15, 0.2) is 0 Å². The summed E-state index contributed by atoms with van der Waals surface area (Å²) in [6.45, 7) is -0.385. The zero-order valence-corrected chi connectivity index (χ0v) is 10.8. The van der Waals surface area contributed by atoms with Gasteiger partial charge in [0, 0.05) is 5.02 Å². The quantitative estimate of drug-likeness (QED) is 0.466. The highest BCUT2D eigenvalue weighted by atomic mass is 35.6. The molecular formula is C9H6Cl4O3. The van der Waals surface area contributed by atoms with E-state index in [0.717, 1.165) is 0 Å². The van der Waals surface area contributed by atoms with Crippen LogP contribution >= 0.6 is 46.4 Å². The Hall–Kier alpha value is -0.350. The zero-order valence-electron chi connectivity index (χ0n) is 7.75. The van der Waals surface area contributed by atoms with Crippen molar-refractivity contribution in [3.63, 3.8) is 0 Å². The van der Waals surface area contributed by atoms with Crippen LogP contribution in [0.2, 0.25) is 5.02 Å². The van der Waals surface area contributed by atoms with Crippen molar-refractivity contribution in [3.05, 3.63) is 29.3 Å². The van der Waals surface area contributed by atoms with E-state index in [1.165, 1.54) is 12.1 Å². The highest BCUT2D eigenvalue weighted by molar-refractivity contribution is 6.67. The van der Waals surface area contributed by atoms with Crippen LogP contribution in [0.3, 0.4) is 0 Å². The van der Waals surface area contributed by atoms with Gasteiger partial charge in [0.05, 0.1) is 0 Å². The molecule has 0 unspecified atom stereocenters. The SMILES string of the molecule is O=C(OCC(Cl)(Cl)Cl)Oc1ccc(Cl)cc1. The van der Waals surface area contributed by atoms with Gasteiger partial charge in [-0.25, -0.2) is 4.79 Å². The maximum Gasteiger partial charge on any atom is 0.513 e. The Labute approximate surface area is 112 Å². The number of benzene rings is 1. The molecule has 0 N–H and O–H groups in total. The zero-order chi connectivity index (χ0) is 12.2.